The number of aliphatic hydroxyl groups is 1. The quantitative estimate of drug-likeness (QED) is 0.654. The van der Waals surface area contributed by atoms with Crippen LogP contribution in [0.15, 0.2) is 0 Å². The second-order valence-electron chi connectivity index (χ2n) is 4.09. The zero-order valence-electron chi connectivity index (χ0n) is 7.97. The molecular weight excluding hydrogens is 154 g/mol. The number of hydrogen-bond acceptors (Lipinski definition) is 3. The van der Waals surface area contributed by atoms with E-state index in [0.29, 0.717) is 12.7 Å². The van der Waals surface area contributed by atoms with Crippen molar-refractivity contribution in [3.8, 4) is 0 Å². The molecule has 0 aliphatic carbocycles. The summed E-state index contributed by atoms with van der Waals surface area (Å²) >= 11 is 0. The summed E-state index contributed by atoms with van der Waals surface area (Å²) in [4.78, 5) is 0. The molecule has 0 radical (unpaired) electrons. The van der Waals surface area contributed by atoms with Crippen molar-refractivity contribution in [2.24, 2.45) is 0 Å². The van der Waals surface area contributed by atoms with Gasteiger partial charge in [0.25, 0.3) is 0 Å². The molecule has 0 spiro atoms. The average Bonchev–Trinajstić information content (AvgIpc) is 2.02. The Morgan fingerprint density at radius 3 is 2.83 bits per heavy atom. The Morgan fingerprint density at radius 1 is 1.58 bits per heavy atom. The van der Waals surface area contributed by atoms with Crippen LogP contribution in [0.1, 0.15) is 26.7 Å². The van der Waals surface area contributed by atoms with Gasteiger partial charge >= 0.3 is 0 Å². The van der Waals surface area contributed by atoms with Gasteiger partial charge in [0.05, 0.1) is 18.3 Å². The van der Waals surface area contributed by atoms with Gasteiger partial charge in [-0.05, 0) is 33.2 Å². The zero-order chi connectivity index (χ0) is 9.03. The monoisotopic (exact) mass is 173 g/mol. The fourth-order valence-electron chi connectivity index (χ4n) is 1.28. The predicted octanol–water partition coefficient (Wildman–Crippen LogP) is 0.526. The third-order valence-corrected chi connectivity index (χ3v) is 1.92. The molecule has 0 amide bonds. The maximum Gasteiger partial charge on any atom is 0.0824 e. The molecule has 1 aliphatic rings. The number of nitrogens with one attached hydrogen (secondary N) is 1. The van der Waals surface area contributed by atoms with Crippen LogP contribution in [0.2, 0.25) is 0 Å². The summed E-state index contributed by atoms with van der Waals surface area (Å²) < 4.78 is 5.53. The van der Waals surface area contributed by atoms with Crippen molar-refractivity contribution in [1.82, 2.24) is 5.32 Å². The first-order chi connectivity index (χ1) is 5.58. The third-order valence-electron chi connectivity index (χ3n) is 1.92. The summed E-state index contributed by atoms with van der Waals surface area (Å²) in [6, 6.07) is 0. The summed E-state index contributed by atoms with van der Waals surface area (Å²) in [5.41, 5.74) is -0.697. The highest BCUT2D eigenvalue weighted by molar-refractivity contribution is 4.71. The molecule has 1 atom stereocenters. The Kier molecular flexibility index (Phi) is 3.50. The minimum atomic E-state index is -0.697. The van der Waals surface area contributed by atoms with Crippen molar-refractivity contribution >= 4 is 0 Å². The molecule has 0 unspecified atom stereocenters. The minimum Gasteiger partial charge on any atom is -0.388 e. The van der Waals surface area contributed by atoms with Gasteiger partial charge in [0.15, 0.2) is 0 Å². The highest BCUT2D eigenvalue weighted by atomic mass is 16.5. The van der Waals surface area contributed by atoms with Crippen LogP contribution in [-0.2, 0) is 4.74 Å². The van der Waals surface area contributed by atoms with E-state index in [1.165, 1.54) is 6.42 Å². The molecule has 1 fully saturated rings. The van der Waals surface area contributed by atoms with Crippen LogP contribution in [0.25, 0.3) is 0 Å². The third kappa shape index (κ3) is 4.04. The molecule has 0 aromatic carbocycles. The molecule has 0 aromatic rings. The molecule has 72 valence electrons. The molecule has 1 aliphatic heterocycles. The first-order valence-electron chi connectivity index (χ1n) is 4.63. The molecule has 1 saturated heterocycles. The van der Waals surface area contributed by atoms with Gasteiger partial charge in [-0.3, -0.25) is 0 Å². The topological polar surface area (TPSA) is 41.5 Å². The van der Waals surface area contributed by atoms with E-state index in [-0.39, 0.29) is 0 Å². The van der Waals surface area contributed by atoms with Crippen molar-refractivity contribution in [2.75, 3.05) is 19.7 Å². The summed E-state index contributed by atoms with van der Waals surface area (Å²) in [5, 5.41) is 12.7. The van der Waals surface area contributed by atoms with Crippen LogP contribution in [0, 0.1) is 0 Å². The van der Waals surface area contributed by atoms with Gasteiger partial charge in [-0.2, -0.15) is 0 Å². The average molecular weight is 173 g/mol. The van der Waals surface area contributed by atoms with Crippen LogP contribution in [0.4, 0.5) is 0 Å². The summed E-state index contributed by atoms with van der Waals surface area (Å²) in [6.45, 7) is 5.99. The molecule has 3 nitrogen and oxygen atoms in total. The molecule has 0 aromatic heterocycles. The van der Waals surface area contributed by atoms with E-state index in [9.17, 15) is 5.11 Å². The highest BCUT2D eigenvalue weighted by Gasteiger charge is 2.18. The van der Waals surface area contributed by atoms with Crippen molar-refractivity contribution in [3.05, 3.63) is 0 Å². The van der Waals surface area contributed by atoms with E-state index in [2.05, 4.69) is 5.32 Å². The lowest BCUT2D eigenvalue weighted by atomic mass is 10.1. The number of hydrogen-bond donors (Lipinski definition) is 2. The van der Waals surface area contributed by atoms with Gasteiger partial charge in [0.1, 0.15) is 0 Å². The lowest BCUT2D eigenvalue weighted by Crippen LogP contribution is -2.38. The highest BCUT2D eigenvalue weighted by Crippen LogP contribution is 2.09. The summed E-state index contributed by atoms with van der Waals surface area (Å²) in [5.74, 6) is 0. The largest absolute Gasteiger partial charge is 0.388 e. The van der Waals surface area contributed by atoms with E-state index in [1.54, 1.807) is 13.8 Å². The van der Waals surface area contributed by atoms with Gasteiger partial charge in [0.2, 0.25) is 0 Å². The van der Waals surface area contributed by atoms with Crippen molar-refractivity contribution in [1.29, 1.82) is 0 Å². The Balaban J connectivity index is 2.13. The van der Waals surface area contributed by atoms with Gasteiger partial charge in [-0.25, -0.2) is 0 Å². The van der Waals surface area contributed by atoms with E-state index < -0.39 is 5.60 Å². The van der Waals surface area contributed by atoms with Crippen molar-refractivity contribution < 1.29 is 9.84 Å². The molecule has 0 bridgehead atoms. The lowest BCUT2D eigenvalue weighted by molar-refractivity contribution is -0.0582. The van der Waals surface area contributed by atoms with Crippen molar-refractivity contribution in [2.45, 2.75) is 38.4 Å². The Morgan fingerprint density at radius 2 is 2.33 bits per heavy atom. The summed E-state index contributed by atoms with van der Waals surface area (Å²) in [7, 11) is 0. The first-order valence-corrected chi connectivity index (χ1v) is 4.63. The van der Waals surface area contributed by atoms with E-state index in [0.717, 1.165) is 19.5 Å². The Bertz CT molecular complexity index is 125. The molecule has 3 heteroatoms. The maximum absolute atomic E-state index is 9.40. The van der Waals surface area contributed by atoms with Crippen LogP contribution in [0.5, 0.6) is 0 Å². The predicted molar refractivity (Wildman–Crippen MR) is 48.1 cm³/mol. The molecule has 12 heavy (non-hydrogen) atoms. The van der Waals surface area contributed by atoms with E-state index >= 15 is 0 Å². The van der Waals surface area contributed by atoms with E-state index in [1.807, 2.05) is 0 Å². The molecule has 2 N–H and O–H groups in total. The van der Waals surface area contributed by atoms with E-state index in [4.69, 9.17) is 4.74 Å². The Hall–Kier alpha value is -0.120. The standard InChI is InChI=1S/C9H19NO2/c1-9(2,11)7-12-8-4-3-5-10-6-8/h8,10-11H,3-7H2,1-2H3/t8-/m0/s1. The smallest absolute Gasteiger partial charge is 0.0824 e. The first kappa shape index (κ1) is 9.96. The van der Waals surface area contributed by atoms with Crippen LogP contribution in [-0.4, -0.2) is 36.5 Å². The van der Waals surface area contributed by atoms with Gasteiger partial charge < -0.3 is 15.2 Å². The van der Waals surface area contributed by atoms with Crippen LogP contribution in [0.3, 0.4) is 0 Å². The molecular formula is C9H19NO2. The molecule has 1 rings (SSSR count). The minimum absolute atomic E-state index is 0.296. The number of piperidine rings is 1. The van der Waals surface area contributed by atoms with Crippen LogP contribution >= 0.6 is 0 Å². The van der Waals surface area contributed by atoms with Crippen molar-refractivity contribution in [3.63, 3.8) is 0 Å². The van der Waals surface area contributed by atoms with Gasteiger partial charge in [0, 0.05) is 6.54 Å². The Labute approximate surface area is 74.1 Å². The van der Waals surface area contributed by atoms with Gasteiger partial charge in [-0.15, -0.1) is 0 Å². The lowest BCUT2D eigenvalue weighted by Gasteiger charge is -2.26. The fourth-order valence-corrected chi connectivity index (χ4v) is 1.28. The zero-order valence-corrected chi connectivity index (χ0v) is 7.97. The SMILES string of the molecule is CC(C)(O)CO[C@H]1CCCNC1. The van der Waals surface area contributed by atoms with Gasteiger partial charge in [-0.1, -0.05) is 0 Å². The van der Waals surface area contributed by atoms with Crippen LogP contribution < -0.4 is 5.32 Å². The summed E-state index contributed by atoms with van der Waals surface area (Å²) in [6.07, 6.45) is 2.59. The second kappa shape index (κ2) is 4.21. The molecule has 1 heterocycles. The maximum atomic E-state index is 9.40. The second-order valence-corrected chi connectivity index (χ2v) is 4.09. The molecule has 0 saturated carbocycles. The number of rotatable bonds is 3. The number of ether oxygens (including phenoxy) is 1. The fraction of sp³-hybridized carbons (Fsp3) is 1.00. The normalized spacial score (nSPS) is 25.8.